The Morgan fingerprint density at radius 2 is 1.86 bits per heavy atom. The van der Waals surface area contributed by atoms with Crippen LogP contribution in [0.15, 0.2) is 12.3 Å². The molecule has 3 nitrogen and oxygen atoms in total. The third-order valence-corrected chi connectivity index (χ3v) is 6.70. The Morgan fingerprint density at radius 1 is 1.24 bits per heavy atom. The number of nitrogens with one attached hydrogen (secondary N) is 1. The lowest BCUT2D eigenvalue weighted by Crippen LogP contribution is -2.54. The van der Waals surface area contributed by atoms with Crippen molar-refractivity contribution in [2.75, 3.05) is 0 Å². The number of aryl methyl sites for hydroxylation is 1. The fraction of sp³-hybridized carbons (Fsp3) is 0.833. The van der Waals surface area contributed by atoms with Crippen molar-refractivity contribution in [1.29, 1.82) is 0 Å². The average molecular weight is 287 g/mol. The molecule has 1 N–H and O–H groups in total. The lowest BCUT2D eigenvalue weighted by atomic mass is 9.48. The Kier molecular flexibility index (Phi) is 3.36. The molecule has 4 saturated carbocycles. The van der Waals surface area contributed by atoms with Gasteiger partial charge >= 0.3 is 0 Å². The SMILES string of the molecule is CCn1nccc1CNC(C)C12CC3CC(CC(C3)C1)C2. The third kappa shape index (κ3) is 2.34. The van der Waals surface area contributed by atoms with Crippen molar-refractivity contribution in [3.8, 4) is 0 Å². The number of rotatable bonds is 5. The molecule has 0 spiro atoms. The summed E-state index contributed by atoms with van der Waals surface area (Å²) >= 11 is 0. The summed E-state index contributed by atoms with van der Waals surface area (Å²) in [7, 11) is 0. The lowest BCUT2D eigenvalue weighted by Gasteiger charge is -2.59. The lowest BCUT2D eigenvalue weighted by molar-refractivity contribution is -0.0707. The summed E-state index contributed by atoms with van der Waals surface area (Å²) in [6.45, 7) is 6.55. The predicted molar refractivity (Wildman–Crippen MR) is 84.8 cm³/mol. The maximum atomic E-state index is 4.38. The minimum atomic E-state index is 0.603. The molecule has 0 amide bonds. The second-order valence-corrected chi connectivity index (χ2v) is 8.02. The summed E-state index contributed by atoms with van der Waals surface area (Å²) in [6, 6.07) is 2.80. The van der Waals surface area contributed by atoms with Crippen LogP contribution in [0.3, 0.4) is 0 Å². The summed E-state index contributed by atoms with van der Waals surface area (Å²) in [5.41, 5.74) is 1.93. The van der Waals surface area contributed by atoms with Gasteiger partial charge < -0.3 is 5.32 Å². The molecule has 0 aromatic carbocycles. The number of aromatic nitrogens is 2. The largest absolute Gasteiger partial charge is 0.308 e. The van der Waals surface area contributed by atoms with Crippen LogP contribution in [0.5, 0.6) is 0 Å². The van der Waals surface area contributed by atoms with Crippen LogP contribution in [0.2, 0.25) is 0 Å². The van der Waals surface area contributed by atoms with Crippen LogP contribution < -0.4 is 5.32 Å². The fourth-order valence-electron chi connectivity index (χ4n) is 5.98. The molecule has 4 aliphatic carbocycles. The van der Waals surface area contributed by atoms with Crippen LogP contribution in [0, 0.1) is 23.2 Å². The molecular formula is C18H29N3. The monoisotopic (exact) mass is 287 g/mol. The fourth-order valence-corrected chi connectivity index (χ4v) is 5.98. The van der Waals surface area contributed by atoms with Gasteiger partial charge in [-0.1, -0.05) is 0 Å². The minimum Gasteiger partial charge on any atom is -0.308 e. The van der Waals surface area contributed by atoms with Gasteiger partial charge in [-0.2, -0.15) is 5.10 Å². The van der Waals surface area contributed by atoms with E-state index in [2.05, 4.69) is 35.0 Å². The van der Waals surface area contributed by atoms with E-state index in [1.807, 2.05) is 6.20 Å². The van der Waals surface area contributed by atoms with Gasteiger partial charge in [-0.3, -0.25) is 4.68 Å². The summed E-state index contributed by atoms with van der Waals surface area (Å²) in [5, 5.41) is 8.24. The summed E-state index contributed by atoms with van der Waals surface area (Å²) in [5.74, 6) is 3.13. The van der Waals surface area contributed by atoms with Crippen molar-refractivity contribution in [3.63, 3.8) is 0 Å². The van der Waals surface area contributed by atoms with Gasteiger partial charge in [-0.05, 0) is 81.6 Å². The smallest absolute Gasteiger partial charge is 0.0522 e. The number of hydrogen-bond donors (Lipinski definition) is 1. The van der Waals surface area contributed by atoms with Gasteiger partial charge in [0.25, 0.3) is 0 Å². The Balaban J connectivity index is 1.44. The normalized spacial score (nSPS) is 38.9. The molecule has 1 aromatic rings. The van der Waals surface area contributed by atoms with Gasteiger partial charge in [0.1, 0.15) is 0 Å². The molecule has 21 heavy (non-hydrogen) atoms. The zero-order chi connectivity index (χ0) is 14.4. The molecule has 116 valence electrons. The van der Waals surface area contributed by atoms with Crippen molar-refractivity contribution >= 4 is 0 Å². The quantitative estimate of drug-likeness (QED) is 0.897. The van der Waals surface area contributed by atoms with Gasteiger partial charge in [-0.15, -0.1) is 0 Å². The molecular weight excluding hydrogens is 258 g/mol. The highest BCUT2D eigenvalue weighted by Gasteiger charge is 2.52. The number of nitrogens with zero attached hydrogens (tertiary/aromatic N) is 2. The molecule has 4 aliphatic rings. The Bertz CT molecular complexity index is 469. The van der Waals surface area contributed by atoms with E-state index >= 15 is 0 Å². The first-order valence-corrected chi connectivity index (χ1v) is 8.92. The molecule has 0 aliphatic heterocycles. The Hall–Kier alpha value is -0.830. The van der Waals surface area contributed by atoms with Crippen molar-refractivity contribution in [2.45, 2.75) is 71.5 Å². The molecule has 1 unspecified atom stereocenters. The molecule has 1 aromatic heterocycles. The molecule has 3 heteroatoms. The van der Waals surface area contributed by atoms with Gasteiger partial charge in [0.2, 0.25) is 0 Å². The second-order valence-electron chi connectivity index (χ2n) is 8.02. The average Bonchev–Trinajstić information content (AvgIpc) is 2.90. The van der Waals surface area contributed by atoms with Crippen molar-refractivity contribution in [3.05, 3.63) is 18.0 Å². The first kappa shape index (κ1) is 13.8. The van der Waals surface area contributed by atoms with Crippen LogP contribution in [-0.2, 0) is 13.1 Å². The Morgan fingerprint density at radius 3 is 2.43 bits per heavy atom. The van der Waals surface area contributed by atoms with E-state index in [1.54, 1.807) is 0 Å². The minimum absolute atomic E-state index is 0.603. The van der Waals surface area contributed by atoms with Crippen LogP contribution in [0.25, 0.3) is 0 Å². The molecule has 0 radical (unpaired) electrons. The van der Waals surface area contributed by atoms with Crippen LogP contribution in [-0.4, -0.2) is 15.8 Å². The highest BCUT2D eigenvalue weighted by atomic mass is 15.3. The van der Waals surface area contributed by atoms with E-state index in [-0.39, 0.29) is 0 Å². The summed E-state index contributed by atoms with van der Waals surface area (Å²) in [4.78, 5) is 0. The summed E-state index contributed by atoms with van der Waals surface area (Å²) < 4.78 is 2.11. The first-order valence-electron chi connectivity index (χ1n) is 8.92. The van der Waals surface area contributed by atoms with E-state index in [1.165, 1.54) is 44.2 Å². The van der Waals surface area contributed by atoms with Crippen molar-refractivity contribution in [1.82, 2.24) is 15.1 Å². The maximum absolute atomic E-state index is 4.38. The van der Waals surface area contributed by atoms with Gasteiger partial charge in [0, 0.05) is 25.3 Å². The topological polar surface area (TPSA) is 29.9 Å². The molecule has 1 heterocycles. The molecule has 4 bridgehead atoms. The highest BCUT2D eigenvalue weighted by Crippen LogP contribution is 2.61. The van der Waals surface area contributed by atoms with E-state index < -0.39 is 0 Å². The summed E-state index contributed by atoms with van der Waals surface area (Å²) in [6.07, 6.45) is 11.0. The standard InChI is InChI=1S/C18H29N3/c1-3-21-17(4-5-20-21)12-19-13(2)18-9-14-6-15(10-18)8-16(7-14)11-18/h4-5,13-16,19H,3,6-12H2,1-2H3. The van der Waals surface area contributed by atoms with Crippen LogP contribution in [0.1, 0.15) is 58.1 Å². The van der Waals surface area contributed by atoms with E-state index in [9.17, 15) is 0 Å². The van der Waals surface area contributed by atoms with E-state index in [0.717, 1.165) is 30.8 Å². The maximum Gasteiger partial charge on any atom is 0.0522 e. The zero-order valence-electron chi connectivity index (χ0n) is 13.5. The highest BCUT2D eigenvalue weighted by molar-refractivity contribution is 5.06. The first-order chi connectivity index (χ1) is 10.2. The van der Waals surface area contributed by atoms with Crippen LogP contribution in [0.4, 0.5) is 0 Å². The van der Waals surface area contributed by atoms with E-state index in [0.29, 0.717) is 11.5 Å². The zero-order valence-corrected chi connectivity index (χ0v) is 13.5. The van der Waals surface area contributed by atoms with Crippen LogP contribution >= 0.6 is 0 Å². The van der Waals surface area contributed by atoms with E-state index in [4.69, 9.17) is 0 Å². The van der Waals surface area contributed by atoms with Crippen molar-refractivity contribution in [2.24, 2.45) is 23.2 Å². The molecule has 1 atom stereocenters. The van der Waals surface area contributed by atoms with Gasteiger partial charge in [0.15, 0.2) is 0 Å². The Labute approximate surface area is 128 Å². The van der Waals surface area contributed by atoms with Gasteiger partial charge in [-0.25, -0.2) is 0 Å². The number of hydrogen-bond acceptors (Lipinski definition) is 2. The second kappa shape index (κ2) is 5.12. The van der Waals surface area contributed by atoms with Crippen molar-refractivity contribution < 1.29 is 0 Å². The van der Waals surface area contributed by atoms with Gasteiger partial charge in [0.05, 0.1) is 5.69 Å². The molecule has 5 rings (SSSR count). The predicted octanol–water partition coefficient (Wildman–Crippen LogP) is 3.60. The third-order valence-electron chi connectivity index (χ3n) is 6.70. The molecule has 4 fully saturated rings. The molecule has 0 saturated heterocycles.